The van der Waals surface area contributed by atoms with Crippen molar-refractivity contribution in [1.29, 1.82) is 5.26 Å². The molecule has 0 atom stereocenters. The van der Waals surface area contributed by atoms with Gasteiger partial charge in [0.25, 0.3) is 0 Å². The molecule has 0 bridgehead atoms. The molecule has 1 amide bonds. The number of aromatic nitrogens is 6. The van der Waals surface area contributed by atoms with E-state index in [1.807, 2.05) is 19.9 Å². The molecule has 0 unspecified atom stereocenters. The van der Waals surface area contributed by atoms with Crippen molar-refractivity contribution >= 4 is 11.6 Å². The van der Waals surface area contributed by atoms with E-state index in [4.69, 9.17) is 0 Å². The average molecular weight is 498 g/mol. The van der Waals surface area contributed by atoms with Crippen LogP contribution in [-0.4, -0.2) is 35.9 Å². The van der Waals surface area contributed by atoms with E-state index in [1.54, 1.807) is 10.9 Å². The molecule has 4 aromatic rings. The molecule has 2 N–H and O–H groups in total. The average Bonchev–Trinajstić information content (AvgIpc) is 3.51. The van der Waals surface area contributed by atoms with Gasteiger partial charge < -0.3 is 5.32 Å². The van der Waals surface area contributed by atoms with Crippen molar-refractivity contribution in [3.63, 3.8) is 0 Å². The summed E-state index contributed by atoms with van der Waals surface area (Å²) in [5, 5.41) is 22.9. The zero-order valence-electron chi connectivity index (χ0n) is 18.9. The summed E-state index contributed by atoms with van der Waals surface area (Å²) in [5.74, 6) is -0.996. The lowest BCUT2D eigenvalue weighted by Gasteiger charge is -2.22. The van der Waals surface area contributed by atoms with Crippen molar-refractivity contribution in [3.8, 4) is 17.2 Å². The minimum Gasteiger partial charge on any atom is -0.326 e. The monoisotopic (exact) mass is 498 g/mol. The van der Waals surface area contributed by atoms with Crippen molar-refractivity contribution in [1.82, 2.24) is 29.9 Å². The lowest BCUT2D eigenvalue weighted by molar-refractivity contribution is -0.141. The van der Waals surface area contributed by atoms with Crippen LogP contribution >= 0.6 is 0 Å². The fourth-order valence-corrected chi connectivity index (χ4v) is 3.53. The molecule has 0 spiro atoms. The number of H-pyrrole nitrogens is 1. The van der Waals surface area contributed by atoms with Gasteiger partial charge >= 0.3 is 6.18 Å². The first-order chi connectivity index (χ1) is 17.0. The van der Waals surface area contributed by atoms with E-state index in [2.05, 4.69) is 30.6 Å². The Balaban J connectivity index is 1.56. The summed E-state index contributed by atoms with van der Waals surface area (Å²) >= 11 is 0. The van der Waals surface area contributed by atoms with Gasteiger partial charge in [0.15, 0.2) is 5.82 Å². The highest BCUT2D eigenvalue weighted by Crippen LogP contribution is 2.32. The van der Waals surface area contributed by atoms with Gasteiger partial charge in [0.05, 0.1) is 29.9 Å². The molecule has 0 aliphatic heterocycles. The number of nitrogens with one attached hydrogen (secondary N) is 2. The van der Waals surface area contributed by atoms with Crippen molar-refractivity contribution in [3.05, 3.63) is 77.6 Å². The van der Waals surface area contributed by atoms with Crippen molar-refractivity contribution in [2.24, 2.45) is 0 Å². The van der Waals surface area contributed by atoms with Crippen molar-refractivity contribution in [2.45, 2.75) is 32.0 Å². The first kappa shape index (κ1) is 24.5. The highest BCUT2D eigenvalue weighted by atomic mass is 19.4. The summed E-state index contributed by atoms with van der Waals surface area (Å²) < 4.78 is 55.2. The molecule has 1 aromatic carbocycles. The van der Waals surface area contributed by atoms with Gasteiger partial charge in [-0.25, -0.2) is 14.4 Å². The van der Waals surface area contributed by atoms with E-state index >= 15 is 4.39 Å². The zero-order valence-corrected chi connectivity index (χ0v) is 18.9. The minimum absolute atomic E-state index is 0.0188. The molecule has 0 aliphatic carbocycles. The van der Waals surface area contributed by atoms with E-state index < -0.39 is 35.6 Å². The third kappa shape index (κ3) is 4.92. The highest BCUT2D eigenvalue weighted by Gasteiger charge is 2.32. The molecule has 0 fully saturated rings. The Morgan fingerprint density at radius 1 is 1.25 bits per heavy atom. The Bertz CT molecular complexity index is 1450. The van der Waals surface area contributed by atoms with E-state index in [-0.39, 0.29) is 22.5 Å². The van der Waals surface area contributed by atoms with Crippen LogP contribution < -0.4 is 5.32 Å². The lowest BCUT2D eigenvalue weighted by Crippen LogP contribution is -2.29. The van der Waals surface area contributed by atoms with E-state index in [9.17, 15) is 23.2 Å². The van der Waals surface area contributed by atoms with Crippen LogP contribution in [0.4, 0.5) is 23.2 Å². The molecule has 13 heteroatoms. The molecule has 4 rings (SSSR count). The molecule has 9 nitrogen and oxygen atoms in total. The number of halogens is 4. The molecule has 0 saturated carbocycles. The first-order valence-corrected chi connectivity index (χ1v) is 10.5. The topological polar surface area (TPSA) is 125 Å². The smallest absolute Gasteiger partial charge is 0.326 e. The molecule has 36 heavy (non-hydrogen) atoms. The summed E-state index contributed by atoms with van der Waals surface area (Å²) in [6, 6.07) is 7.41. The molecule has 0 saturated heterocycles. The van der Waals surface area contributed by atoms with Crippen LogP contribution in [0, 0.1) is 17.1 Å². The minimum atomic E-state index is -4.65. The Morgan fingerprint density at radius 2 is 2.03 bits per heavy atom. The number of nitrogens with zero attached hydrogens (tertiary/aromatic N) is 6. The maximum atomic E-state index is 15.1. The van der Waals surface area contributed by atoms with Crippen molar-refractivity contribution < 1.29 is 22.4 Å². The number of benzene rings is 1. The third-order valence-corrected chi connectivity index (χ3v) is 5.37. The fourth-order valence-electron chi connectivity index (χ4n) is 3.53. The van der Waals surface area contributed by atoms with E-state index in [1.165, 1.54) is 24.7 Å². The number of hydrogen-bond acceptors (Lipinski definition) is 6. The Labute approximate surface area is 201 Å². The number of aromatic amines is 1. The van der Waals surface area contributed by atoms with Crippen LogP contribution in [0.25, 0.3) is 11.1 Å². The van der Waals surface area contributed by atoms with Gasteiger partial charge in [-0.05, 0) is 38.1 Å². The quantitative estimate of drug-likeness (QED) is 0.386. The number of amides is 1. The van der Waals surface area contributed by atoms with Gasteiger partial charge in [0, 0.05) is 23.0 Å². The maximum Gasteiger partial charge on any atom is 0.433 e. The van der Waals surface area contributed by atoms with Gasteiger partial charge in [-0.3, -0.25) is 14.6 Å². The standard InChI is InChI=1S/C23H18F4N8O/c1-22(2,21-29-12-30-34-21)35-11-14(10-31-35)20-13(9-28)6-16(7-17(20)24)33-19(36)8-15-4-3-5-18(32-15)23(25,26)27/h3-7,10-12H,8H2,1-2H3,(H,33,36)(H,29,30,34). The highest BCUT2D eigenvalue weighted by molar-refractivity contribution is 5.92. The van der Waals surface area contributed by atoms with Crippen LogP contribution in [-0.2, 0) is 22.9 Å². The SMILES string of the molecule is CC(C)(c1ncn[nH]1)n1cc(-c2c(F)cc(NC(=O)Cc3cccc(C(F)(F)F)n3)cc2C#N)cn1. The van der Waals surface area contributed by atoms with Crippen LogP contribution in [0.5, 0.6) is 0 Å². The largest absolute Gasteiger partial charge is 0.433 e. The van der Waals surface area contributed by atoms with Gasteiger partial charge in [0.1, 0.15) is 23.4 Å². The predicted molar refractivity (Wildman–Crippen MR) is 119 cm³/mol. The summed E-state index contributed by atoms with van der Waals surface area (Å²) in [6.07, 6.45) is -0.816. The number of hydrogen-bond donors (Lipinski definition) is 2. The number of anilines is 1. The van der Waals surface area contributed by atoms with Crippen LogP contribution in [0.1, 0.15) is 36.6 Å². The Hall–Kier alpha value is -4.60. The molecule has 184 valence electrons. The second-order valence-electron chi connectivity index (χ2n) is 8.30. The molecule has 3 heterocycles. The van der Waals surface area contributed by atoms with Crippen LogP contribution in [0.15, 0.2) is 49.1 Å². The zero-order chi connectivity index (χ0) is 26.1. The van der Waals surface area contributed by atoms with Gasteiger partial charge in [-0.15, -0.1) is 0 Å². The predicted octanol–water partition coefficient (Wildman–Crippen LogP) is 4.06. The normalized spacial score (nSPS) is 11.8. The molecule has 0 radical (unpaired) electrons. The fraction of sp³-hybridized carbons (Fsp3) is 0.217. The summed E-state index contributed by atoms with van der Waals surface area (Å²) in [6.45, 7) is 3.65. The number of nitriles is 1. The molecular weight excluding hydrogens is 480 g/mol. The summed E-state index contributed by atoms with van der Waals surface area (Å²) in [5.41, 5.74) is -1.77. The summed E-state index contributed by atoms with van der Waals surface area (Å²) in [4.78, 5) is 19.9. The second-order valence-corrected chi connectivity index (χ2v) is 8.30. The van der Waals surface area contributed by atoms with E-state index in [0.29, 0.717) is 11.4 Å². The van der Waals surface area contributed by atoms with Gasteiger partial charge in [0.2, 0.25) is 5.91 Å². The van der Waals surface area contributed by atoms with Crippen molar-refractivity contribution in [2.75, 3.05) is 5.32 Å². The number of pyridine rings is 1. The number of alkyl halides is 3. The van der Waals surface area contributed by atoms with Gasteiger partial charge in [-0.1, -0.05) is 6.07 Å². The van der Waals surface area contributed by atoms with Gasteiger partial charge in [-0.2, -0.15) is 28.6 Å². The third-order valence-electron chi connectivity index (χ3n) is 5.37. The summed E-state index contributed by atoms with van der Waals surface area (Å²) in [7, 11) is 0. The molecule has 0 aliphatic rings. The van der Waals surface area contributed by atoms with Crippen LogP contribution in [0.3, 0.4) is 0 Å². The number of rotatable bonds is 6. The lowest BCUT2D eigenvalue weighted by atomic mass is 10.0. The first-order valence-electron chi connectivity index (χ1n) is 10.5. The molecular formula is C23H18F4N8O. The van der Waals surface area contributed by atoms with Crippen LogP contribution in [0.2, 0.25) is 0 Å². The maximum absolute atomic E-state index is 15.1. The number of carbonyl (C=O) groups excluding carboxylic acids is 1. The Morgan fingerprint density at radius 3 is 2.69 bits per heavy atom. The molecule has 3 aromatic heterocycles. The number of carbonyl (C=O) groups is 1. The van der Waals surface area contributed by atoms with E-state index in [0.717, 1.165) is 18.2 Å². The second kappa shape index (κ2) is 9.21. The Kier molecular flexibility index (Phi) is 6.28.